The van der Waals surface area contributed by atoms with Crippen molar-refractivity contribution in [2.24, 2.45) is 5.73 Å². The lowest BCUT2D eigenvalue weighted by Crippen LogP contribution is -2.38. The molecule has 0 saturated carbocycles. The van der Waals surface area contributed by atoms with Gasteiger partial charge in [-0.2, -0.15) is 36.7 Å². The minimum atomic E-state index is -4.28. The highest BCUT2D eigenvalue weighted by atomic mass is 32.2. The second-order valence-corrected chi connectivity index (χ2v) is 7.05. The summed E-state index contributed by atoms with van der Waals surface area (Å²) in [5.41, 5.74) is 6.19. The molecule has 6 heteroatoms. The molecule has 1 aromatic carbocycles. The molecule has 2 N–H and O–H groups in total. The number of hydrogen-bond acceptors (Lipinski definition) is 3. The molecule has 0 bridgehead atoms. The summed E-state index contributed by atoms with van der Waals surface area (Å²) in [6.45, 7) is 0. The van der Waals surface area contributed by atoms with Crippen LogP contribution in [0.15, 0.2) is 24.3 Å². The Hall–Kier alpha value is -0.330. The second-order valence-electron chi connectivity index (χ2n) is 4.55. The van der Waals surface area contributed by atoms with Crippen molar-refractivity contribution in [3.8, 4) is 0 Å². The van der Waals surface area contributed by atoms with Gasteiger partial charge in [-0.05, 0) is 18.1 Å². The molecule has 1 fully saturated rings. The minimum Gasteiger partial charge on any atom is -0.326 e. The van der Waals surface area contributed by atoms with E-state index in [2.05, 4.69) is 0 Å². The molecule has 0 aliphatic carbocycles. The minimum absolute atomic E-state index is 0.0821. The summed E-state index contributed by atoms with van der Waals surface area (Å²) in [4.78, 5) is 0. The molecular weight excluding hydrogens is 291 g/mol. The van der Waals surface area contributed by atoms with Crippen molar-refractivity contribution in [1.29, 1.82) is 0 Å². The third-order valence-corrected chi connectivity index (χ3v) is 5.99. The summed E-state index contributed by atoms with van der Waals surface area (Å²) in [7, 11) is 0. The van der Waals surface area contributed by atoms with Crippen LogP contribution in [0, 0.1) is 0 Å². The van der Waals surface area contributed by atoms with Crippen LogP contribution < -0.4 is 5.73 Å². The molecule has 106 valence electrons. The quantitative estimate of drug-likeness (QED) is 0.926. The van der Waals surface area contributed by atoms with E-state index in [1.54, 1.807) is 6.07 Å². The van der Waals surface area contributed by atoms with Crippen molar-refractivity contribution in [3.05, 3.63) is 35.4 Å². The fraction of sp³-hybridized carbons (Fsp3) is 0.538. The molecular formula is C13H16F3NS2. The van der Waals surface area contributed by atoms with Gasteiger partial charge in [0.2, 0.25) is 0 Å². The van der Waals surface area contributed by atoms with E-state index in [-0.39, 0.29) is 6.04 Å². The van der Waals surface area contributed by atoms with Crippen molar-refractivity contribution < 1.29 is 13.2 Å². The van der Waals surface area contributed by atoms with Crippen LogP contribution in [0.5, 0.6) is 0 Å². The maximum absolute atomic E-state index is 12.6. The lowest BCUT2D eigenvalue weighted by atomic mass is 10.0. The molecule has 2 unspecified atom stereocenters. The van der Waals surface area contributed by atoms with Gasteiger partial charge in [0, 0.05) is 28.6 Å². The zero-order chi connectivity index (χ0) is 13.9. The molecule has 0 spiro atoms. The molecule has 19 heavy (non-hydrogen) atoms. The zero-order valence-electron chi connectivity index (χ0n) is 10.3. The Bertz CT molecular complexity index is 417. The molecule has 1 aliphatic rings. The summed E-state index contributed by atoms with van der Waals surface area (Å²) in [6, 6.07) is 5.39. The first-order valence-corrected chi connectivity index (χ1v) is 8.28. The average Bonchev–Trinajstić information content (AvgIpc) is 2.39. The van der Waals surface area contributed by atoms with Gasteiger partial charge in [-0.1, -0.05) is 18.2 Å². The van der Waals surface area contributed by atoms with Crippen LogP contribution in [0.4, 0.5) is 13.2 Å². The Balaban J connectivity index is 2.02. The molecule has 2 rings (SSSR count). The van der Waals surface area contributed by atoms with Crippen molar-refractivity contribution in [2.45, 2.75) is 23.9 Å². The molecule has 0 amide bonds. The first-order valence-electron chi connectivity index (χ1n) is 6.08. The van der Waals surface area contributed by atoms with Gasteiger partial charge in [-0.3, -0.25) is 0 Å². The molecule has 2 atom stereocenters. The predicted molar refractivity (Wildman–Crippen MR) is 76.7 cm³/mol. The maximum Gasteiger partial charge on any atom is 0.416 e. The van der Waals surface area contributed by atoms with Gasteiger partial charge >= 0.3 is 6.18 Å². The van der Waals surface area contributed by atoms with Crippen molar-refractivity contribution in [1.82, 2.24) is 0 Å². The van der Waals surface area contributed by atoms with Gasteiger partial charge in [0.15, 0.2) is 0 Å². The molecule has 1 saturated heterocycles. The van der Waals surface area contributed by atoms with E-state index in [4.69, 9.17) is 5.73 Å². The lowest BCUT2D eigenvalue weighted by molar-refractivity contribution is -0.137. The fourth-order valence-corrected chi connectivity index (χ4v) is 4.85. The number of halogens is 3. The summed E-state index contributed by atoms with van der Waals surface area (Å²) in [6.07, 6.45) is -3.78. The largest absolute Gasteiger partial charge is 0.416 e. The maximum atomic E-state index is 12.6. The zero-order valence-corrected chi connectivity index (χ0v) is 12.0. The van der Waals surface area contributed by atoms with Crippen LogP contribution >= 0.6 is 23.5 Å². The van der Waals surface area contributed by atoms with E-state index < -0.39 is 11.7 Å². The molecule has 1 aromatic rings. The third kappa shape index (κ3) is 4.33. The van der Waals surface area contributed by atoms with E-state index in [1.165, 1.54) is 12.1 Å². The Kier molecular flexibility index (Phi) is 5.09. The third-order valence-electron chi connectivity index (χ3n) is 3.04. The number of hydrogen-bond donors (Lipinski definition) is 1. The van der Waals surface area contributed by atoms with E-state index >= 15 is 0 Å². The Morgan fingerprint density at radius 3 is 2.74 bits per heavy atom. The highest BCUT2D eigenvalue weighted by Gasteiger charge is 2.30. The van der Waals surface area contributed by atoms with E-state index in [0.29, 0.717) is 17.2 Å². The van der Waals surface area contributed by atoms with Gasteiger partial charge in [-0.15, -0.1) is 0 Å². The van der Waals surface area contributed by atoms with Crippen LogP contribution in [0.1, 0.15) is 11.1 Å². The standard InChI is InChI=1S/C13H16F3NS2/c14-13(15,16)10-3-1-2-9(6-10)7-11(17)12-8-18-4-5-19-12/h1-3,6,11-12H,4-5,7-8,17H2. The van der Waals surface area contributed by atoms with Gasteiger partial charge in [0.1, 0.15) is 0 Å². The Labute approximate surface area is 119 Å². The first-order chi connectivity index (χ1) is 8.97. The van der Waals surface area contributed by atoms with Crippen LogP contribution in [0.2, 0.25) is 0 Å². The molecule has 1 heterocycles. The monoisotopic (exact) mass is 307 g/mol. The summed E-state index contributed by atoms with van der Waals surface area (Å²) >= 11 is 3.70. The van der Waals surface area contributed by atoms with Crippen molar-refractivity contribution >= 4 is 23.5 Å². The highest BCUT2D eigenvalue weighted by molar-refractivity contribution is 8.06. The summed E-state index contributed by atoms with van der Waals surface area (Å²) < 4.78 is 37.9. The average molecular weight is 307 g/mol. The van der Waals surface area contributed by atoms with Crippen LogP contribution in [-0.4, -0.2) is 28.6 Å². The van der Waals surface area contributed by atoms with Gasteiger partial charge in [-0.25, -0.2) is 0 Å². The van der Waals surface area contributed by atoms with Crippen LogP contribution in [0.25, 0.3) is 0 Å². The number of alkyl halides is 3. The van der Waals surface area contributed by atoms with E-state index in [9.17, 15) is 13.2 Å². The first kappa shape index (κ1) is 15.1. The Morgan fingerprint density at radius 1 is 1.32 bits per heavy atom. The molecule has 0 aromatic heterocycles. The number of benzene rings is 1. The second kappa shape index (κ2) is 6.41. The molecule has 1 nitrogen and oxygen atoms in total. The lowest BCUT2D eigenvalue weighted by Gasteiger charge is -2.26. The molecule has 1 aliphatic heterocycles. The fourth-order valence-electron chi connectivity index (χ4n) is 2.03. The Morgan fingerprint density at radius 2 is 2.11 bits per heavy atom. The van der Waals surface area contributed by atoms with Crippen molar-refractivity contribution in [3.63, 3.8) is 0 Å². The number of thioether (sulfide) groups is 2. The predicted octanol–water partition coefficient (Wildman–Crippen LogP) is 3.42. The number of nitrogens with two attached hydrogens (primary N) is 1. The smallest absolute Gasteiger partial charge is 0.326 e. The van der Waals surface area contributed by atoms with Crippen LogP contribution in [-0.2, 0) is 12.6 Å². The summed E-state index contributed by atoms with van der Waals surface area (Å²) in [5.74, 6) is 3.20. The van der Waals surface area contributed by atoms with E-state index in [0.717, 1.165) is 23.3 Å². The van der Waals surface area contributed by atoms with Gasteiger partial charge in [0.05, 0.1) is 5.56 Å². The highest BCUT2D eigenvalue weighted by Crippen LogP contribution is 2.31. The van der Waals surface area contributed by atoms with Gasteiger partial charge < -0.3 is 5.73 Å². The SMILES string of the molecule is NC(Cc1cccc(C(F)(F)F)c1)C1CSCCS1. The van der Waals surface area contributed by atoms with Crippen LogP contribution in [0.3, 0.4) is 0 Å². The summed E-state index contributed by atoms with van der Waals surface area (Å²) in [5, 5.41) is 0.341. The topological polar surface area (TPSA) is 26.0 Å². The normalized spacial score (nSPS) is 22.2. The van der Waals surface area contributed by atoms with E-state index in [1.807, 2.05) is 23.5 Å². The number of rotatable bonds is 3. The van der Waals surface area contributed by atoms with Gasteiger partial charge in [0.25, 0.3) is 0 Å². The van der Waals surface area contributed by atoms with Crippen molar-refractivity contribution in [2.75, 3.05) is 17.3 Å². The molecule has 0 radical (unpaired) electrons.